The summed E-state index contributed by atoms with van der Waals surface area (Å²) in [6, 6.07) is 10.5. The molecule has 5 heteroatoms. The number of hydrogen-bond acceptors (Lipinski definition) is 4. The Labute approximate surface area is 149 Å². The second-order valence-corrected chi connectivity index (χ2v) is 7.06. The van der Waals surface area contributed by atoms with Crippen LogP contribution in [0.2, 0.25) is 0 Å². The molecule has 0 saturated carbocycles. The minimum absolute atomic E-state index is 0.146. The molecule has 0 aliphatic carbocycles. The molecule has 2 aliphatic heterocycles. The summed E-state index contributed by atoms with van der Waals surface area (Å²) in [6.45, 7) is 7.09. The predicted octanol–water partition coefficient (Wildman–Crippen LogP) is 3.09. The lowest BCUT2D eigenvalue weighted by atomic mass is 10.1. The van der Waals surface area contributed by atoms with E-state index in [-0.39, 0.29) is 6.10 Å². The molecule has 4 rings (SSSR count). The van der Waals surface area contributed by atoms with Gasteiger partial charge in [0, 0.05) is 39.2 Å². The lowest BCUT2D eigenvalue weighted by Gasteiger charge is -2.20. The third-order valence-corrected chi connectivity index (χ3v) is 5.05. The van der Waals surface area contributed by atoms with Crippen molar-refractivity contribution >= 4 is 6.08 Å². The Morgan fingerprint density at radius 1 is 1.20 bits per heavy atom. The van der Waals surface area contributed by atoms with Crippen molar-refractivity contribution < 1.29 is 4.74 Å². The summed E-state index contributed by atoms with van der Waals surface area (Å²) in [5.41, 5.74) is 2.66. The van der Waals surface area contributed by atoms with Crippen LogP contribution < -0.4 is 0 Å². The number of nitrogens with zero attached hydrogens (tertiary/aromatic N) is 4. The molecule has 0 N–H and O–H groups in total. The molecule has 0 spiro atoms. The van der Waals surface area contributed by atoms with Crippen molar-refractivity contribution in [2.75, 3.05) is 26.2 Å². The summed E-state index contributed by atoms with van der Waals surface area (Å²) in [6.07, 6.45) is 5.58. The van der Waals surface area contributed by atoms with E-state index in [1.807, 2.05) is 0 Å². The van der Waals surface area contributed by atoms with Gasteiger partial charge in [0.15, 0.2) is 5.82 Å². The molecule has 1 unspecified atom stereocenters. The van der Waals surface area contributed by atoms with Crippen LogP contribution in [0.4, 0.5) is 0 Å². The highest BCUT2D eigenvalue weighted by Gasteiger charge is 2.26. The Kier molecular flexibility index (Phi) is 4.95. The Morgan fingerprint density at radius 3 is 2.88 bits per heavy atom. The van der Waals surface area contributed by atoms with Gasteiger partial charge in [-0.05, 0) is 25.3 Å². The molecule has 0 radical (unpaired) electrons. The van der Waals surface area contributed by atoms with Crippen molar-refractivity contribution in [3.63, 3.8) is 0 Å². The second-order valence-electron chi connectivity index (χ2n) is 7.06. The summed E-state index contributed by atoms with van der Waals surface area (Å²) in [4.78, 5) is 2.52. The van der Waals surface area contributed by atoms with Crippen LogP contribution in [0.25, 0.3) is 6.08 Å². The van der Waals surface area contributed by atoms with E-state index in [9.17, 15) is 0 Å². The number of rotatable bonds is 4. The molecule has 3 heterocycles. The zero-order valence-electron chi connectivity index (χ0n) is 14.9. The second kappa shape index (κ2) is 7.50. The number of hydrogen-bond donors (Lipinski definition) is 0. The summed E-state index contributed by atoms with van der Waals surface area (Å²) in [7, 11) is 0. The van der Waals surface area contributed by atoms with E-state index >= 15 is 0 Å². The first kappa shape index (κ1) is 16.5. The van der Waals surface area contributed by atoms with Gasteiger partial charge in [0.05, 0.1) is 0 Å². The first-order valence-electron chi connectivity index (χ1n) is 9.28. The zero-order chi connectivity index (χ0) is 17.1. The summed E-state index contributed by atoms with van der Waals surface area (Å²) < 4.78 is 8.11. The van der Waals surface area contributed by atoms with Gasteiger partial charge >= 0.3 is 0 Å². The molecule has 132 valence electrons. The van der Waals surface area contributed by atoms with Crippen LogP contribution in [0.1, 0.15) is 43.1 Å². The molecule has 25 heavy (non-hydrogen) atoms. The SMILES string of the molecule is CC(=Cc1ccccc1)CN1CCc2nnc(C3CCCO3)n2CC1. The largest absolute Gasteiger partial charge is 0.370 e. The highest BCUT2D eigenvalue weighted by Crippen LogP contribution is 2.28. The van der Waals surface area contributed by atoms with E-state index in [0.29, 0.717) is 0 Å². The van der Waals surface area contributed by atoms with Crippen LogP contribution in [0, 0.1) is 0 Å². The van der Waals surface area contributed by atoms with Gasteiger partial charge < -0.3 is 9.30 Å². The van der Waals surface area contributed by atoms with E-state index in [0.717, 1.165) is 63.7 Å². The Balaban J connectivity index is 1.41. The lowest BCUT2D eigenvalue weighted by molar-refractivity contribution is 0.101. The van der Waals surface area contributed by atoms with E-state index < -0.39 is 0 Å². The average Bonchev–Trinajstić information content (AvgIpc) is 3.24. The number of fused-ring (bicyclic) bond motifs is 1. The van der Waals surface area contributed by atoms with Gasteiger partial charge in [0.25, 0.3) is 0 Å². The van der Waals surface area contributed by atoms with E-state index in [1.54, 1.807) is 0 Å². The van der Waals surface area contributed by atoms with Gasteiger partial charge in [-0.1, -0.05) is 42.0 Å². The summed E-state index contributed by atoms with van der Waals surface area (Å²) in [5.74, 6) is 2.14. The van der Waals surface area contributed by atoms with Crippen molar-refractivity contribution in [2.24, 2.45) is 0 Å². The number of ether oxygens (including phenoxy) is 1. The molecule has 1 fully saturated rings. The van der Waals surface area contributed by atoms with Crippen molar-refractivity contribution in [3.05, 3.63) is 53.1 Å². The van der Waals surface area contributed by atoms with Crippen molar-refractivity contribution in [3.8, 4) is 0 Å². The van der Waals surface area contributed by atoms with Crippen molar-refractivity contribution in [1.29, 1.82) is 0 Å². The van der Waals surface area contributed by atoms with Gasteiger partial charge in [-0.2, -0.15) is 0 Å². The van der Waals surface area contributed by atoms with Gasteiger partial charge in [0.1, 0.15) is 11.9 Å². The van der Waals surface area contributed by atoms with E-state index in [2.05, 4.69) is 63.0 Å². The molecule has 5 nitrogen and oxygen atoms in total. The molecule has 0 bridgehead atoms. The molecule has 1 aromatic carbocycles. The zero-order valence-corrected chi connectivity index (χ0v) is 14.9. The fourth-order valence-corrected chi connectivity index (χ4v) is 3.80. The molecule has 1 saturated heterocycles. The quantitative estimate of drug-likeness (QED) is 0.859. The summed E-state index contributed by atoms with van der Waals surface area (Å²) >= 11 is 0. The van der Waals surface area contributed by atoms with Crippen LogP contribution in [0.15, 0.2) is 35.9 Å². The fourth-order valence-electron chi connectivity index (χ4n) is 3.80. The molecule has 1 aromatic heterocycles. The first-order valence-corrected chi connectivity index (χ1v) is 9.28. The van der Waals surface area contributed by atoms with Crippen molar-refractivity contribution in [2.45, 2.75) is 38.8 Å². The number of benzene rings is 1. The van der Waals surface area contributed by atoms with Crippen LogP contribution >= 0.6 is 0 Å². The molecule has 2 aromatic rings. The van der Waals surface area contributed by atoms with Crippen molar-refractivity contribution in [1.82, 2.24) is 19.7 Å². The Hall–Kier alpha value is -1.98. The summed E-state index contributed by atoms with van der Waals surface area (Å²) in [5, 5.41) is 8.86. The smallest absolute Gasteiger partial charge is 0.162 e. The van der Waals surface area contributed by atoms with Gasteiger partial charge in [-0.25, -0.2) is 0 Å². The highest BCUT2D eigenvalue weighted by molar-refractivity contribution is 5.52. The van der Waals surface area contributed by atoms with Gasteiger partial charge in [-0.3, -0.25) is 4.90 Å². The van der Waals surface area contributed by atoms with E-state index in [1.165, 1.54) is 11.1 Å². The predicted molar refractivity (Wildman–Crippen MR) is 98.2 cm³/mol. The maximum Gasteiger partial charge on any atom is 0.162 e. The minimum atomic E-state index is 0.146. The monoisotopic (exact) mass is 338 g/mol. The maximum atomic E-state index is 5.82. The molecule has 1 atom stereocenters. The molecular formula is C20H26N4O. The average molecular weight is 338 g/mol. The Bertz CT molecular complexity index is 731. The molecule has 2 aliphatic rings. The normalized spacial score (nSPS) is 22.0. The lowest BCUT2D eigenvalue weighted by Crippen LogP contribution is -2.29. The minimum Gasteiger partial charge on any atom is -0.370 e. The van der Waals surface area contributed by atoms with Gasteiger partial charge in [0.2, 0.25) is 0 Å². The third-order valence-electron chi connectivity index (χ3n) is 5.05. The number of aromatic nitrogens is 3. The Morgan fingerprint density at radius 2 is 2.08 bits per heavy atom. The fraction of sp³-hybridized carbons (Fsp3) is 0.500. The highest BCUT2D eigenvalue weighted by atomic mass is 16.5. The van der Waals surface area contributed by atoms with Gasteiger partial charge in [-0.15, -0.1) is 10.2 Å². The maximum absolute atomic E-state index is 5.82. The topological polar surface area (TPSA) is 43.2 Å². The molecule has 0 amide bonds. The standard InChI is InChI=1S/C20H26N4O/c1-16(14-17-6-3-2-4-7-17)15-23-10-9-19-21-22-20(24(19)12-11-23)18-8-5-13-25-18/h2-4,6-7,14,18H,5,8-13,15H2,1H3. The molecular weight excluding hydrogens is 312 g/mol. The van der Waals surface area contributed by atoms with E-state index in [4.69, 9.17) is 4.74 Å². The first-order chi connectivity index (χ1) is 12.3. The third kappa shape index (κ3) is 3.83. The van der Waals surface area contributed by atoms with Crippen LogP contribution in [-0.4, -0.2) is 45.9 Å². The van der Waals surface area contributed by atoms with Crippen LogP contribution in [0.5, 0.6) is 0 Å². The van der Waals surface area contributed by atoms with Crippen LogP contribution in [-0.2, 0) is 17.7 Å². The van der Waals surface area contributed by atoms with Crippen LogP contribution in [0.3, 0.4) is 0 Å².